The van der Waals surface area contributed by atoms with E-state index in [1.54, 1.807) is 12.1 Å². The van der Waals surface area contributed by atoms with Gasteiger partial charge in [0.25, 0.3) is 20.0 Å². The number of aromatic nitrogens is 2. The third-order valence-electron chi connectivity index (χ3n) is 3.74. The standard InChI is InChI=1S/C17H18N4O4S3/c1-3-16-18-19-17(26-16)21-28(24,25)15-10-6-13(7-11-15)20-27(22,23)14-8-4-12(2)5-9-14/h4-11,20H,3H2,1-2H3,(H,19,21). The molecule has 2 aromatic carbocycles. The number of anilines is 2. The van der Waals surface area contributed by atoms with Crippen LogP contribution in [-0.2, 0) is 26.5 Å². The maximum atomic E-state index is 12.4. The molecule has 148 valence electrons. The molecule has 0 aliphatic rings. The first-order valence-corrected chi connectivity index (χ1v) is 12.0. The topological polar surface area (TPSA) is 118 Å². The van der Waals surface area contributed by atoms with E-state index in [9.17, 15) is 16.8 Å². The second-order valence-corrected chi connectivity index (χ2v) is 10.3. The van der Waals surface area contributed by atoms with E-state index in [-0.39, 0.29) is 20.6 Å². The van der Waals surface area contributed by atoms with Gasteiger partial charge in [0.2, 0.25) is 5.13 Å². The van der Waals surface area contributed by atoms with Crippen LogP contribution in [0, 0.1) is 6.92 Å². The van der Waals surface area contributed by atoms with Crippen LogP contribution >= 0.6 is 11.3 Å². The quantitative estimate of drug-likeness (QED) is 0.585. The molecule has 1 aromatic heterocycles. The van der Waals surface area contributed by atoms with Crippen molar-refractivity contribution in [1.29, 1.82) is 0 Å². The lowest BCUT2D eigenvalue weighted by Crippen LogP contribution is -2.14. The first-order chi connectivity index (χ1) is 13.2. The Balaban J connectivity index is 1.76. The number of hydrogen-bond donors (Lipinski definition) is 2. The lowest BCUT2D eigenvalue weighted by molar-refractivity contribution is 0.600. The van der Waals surface area contributed by atoms with Crippen molar-refractivity contribution in [2.75, 3.05) is 9.44 Å². The van der Waals surface area contributed by atoms with Crippen molar-refractivity contribution in [3.8, 4) is 0 Å². The minimum atomic E-state index is -3.84. The van der Waals surface area contributed by atoms with Gasteiger partial charge < -0.3 is 0 Å². The minimum Gasteiger partial charge on any atom is -0.280 e. The smallest absolute Gasteiger partial charge is 0.263 e. The molecule has 0 saturated carbocycles. The van der Waals surface area contributed by atoms with Gasteiger partial charge >= 0.3 is 0 Å². The van der Waals surface area contributed by atoms with Gasteiger partial charge in [0.1, 0.15) is 5.01 Å². The molecule has 0 radical (unpaired) electrons. The normalized spacial score (nSPS) is 11.9. The van der Waals surface area contributed by atoms with Crippen LogP contribution in [0.1, 0.15) is 17.5 Å². The summed E-state index contributed by atoms with van der Waals surface area (Å²) in [5.41, 5.74) is 1.20. The van der Waals surface area contributed by atoms with E-state index in [2.05, 4.69) is 19.6 Å². The van der Waals surface area contributed by atoms with Crippen molar-refractivity contribution in [3.63, 3.8) is 0 Å². The summed E-state index contributed by atoms with van der Waals surface area (Å²) in [6.07, 6.45) is 0.662. The minimum absolute atomic E-state index is 0.0148. The van der Waals surface area contributed by atoms with E-state index in [4.69, 9.17) is 0 Å². The molecule has 0 atom stereocenters. The average Bonchev–Trinajstić information content (AvgIpc) is 3.09. The number of benzene rings is 2. The fourth-order valence-corrected chi connectivity index (χ4v) is 5.21. The van der Waals surface area contributed by atoms with E-state index < -0.39 is 20.0 Å². The summed E-state index contributed by atoms with van der Waals surface area (Å²) >= 11 is 1.16. The average molecular weight is 439 g/mol. The van der Waals surface area contributed by atoms with Crippen molar-refractivity contribution in [1.82, 2.24) is 10.2 Å². The van der Waals surface area contributed by atoms with Gasteiger partial charge in [0.15, 0.2) is 0 Å². The van der Waals surface area contributed by atoms with Gasteiger partial charge in [-0.25, -0.2) is 16.8 Å². The van der Waals surface area contributed by atoms with Crippen LogP contribution < -0.4 is 9.44 Å². The number of sulfonamides is 2. The molecule has 0 aliphatic heterocycles. The van der Waals surface area contributed by atoms with Crippen LogP contribution in [0.3, 0.4) is 0 Å². The van der Waals surface area contributed by atoms with Gasteiger partial charge in [-0.15, -0.1) is 10.2 Å². The zero-order valence-electron chi connectivity index (χ0n) is 15.1. The van der Waals surface area contributed by atoms with Crippen LogP contribution in [-0.4, -0.2) is 27.0 Å². The predicted molar refractivity (Wildman–Crippen MR) is 109 cm³/mol. The predicted octanol–water partition coefficient (Wildman–Crippen LogP) is 3.01. The Morgan fingerprint density at radius 2 is 1.36 bits per heavy atom. The van der Waals surface area contributed by atoms with Gasteiger partial charge in [-0.2, -0.15) is 0 Å². The third-order valence-corrected chi connectivity index (χ3v) is 7.60. The van der Waals surface area contributed by atoms with Crippen LogP contribution in [0.25, 0.3) is 0 Å². The van der Waals surface area contributed by atoms with Gasteiger partial charge in [-0.3, -0.25) is 9.44 Å². The maximum absolute atomic E-state index is 12.4. The highest BCUT2D eigenvalue weighted by Crippen LogP contribution is 2.22. The van der Waals surface area contributed by atoms with E-state index in [1.807, 2.05) is 13.8 Å². The van der Waals surface area contributed by atoms with Crippen LogP contribution in [0.5, 0.6) is 0 Å². The molecule has 0 amide bonds. The molecule has 3 aromatic rings. The molecule has 0 saturated heterocycles. The highest BCUT2D eigenvalue weighted by molar-refractivity contribution is 7.93. The first kappa shape index (κ1) is 20.2. The molecule has 11 heteroatoms. The Morgan fingerprint density at radius 3 is 1.89 bits per heavy atom. The monoisotopic (exact) mass is 438 g/mol. The van der Waals surface area contributed by atoms with Crippen LogP contribution in [0.2, 0.25) is 0 Å². The maximum Gasteiger partial charge on any atom is 0.263 e. The zero-order chi connectivity index (χ0) is 20.4. The van der Waals surface area contributed by atoms with Gasteiger partial charge in [0, 0.05) is 5.69 Å². The van der Waals surface area contributed by atoms with Crippen molar-refractivity contribution in [2.45, 2.75) is 30.1 Å². The molecular formula is C17H18N4O4S3. The Labute approximate surface area is 167 Å². The molecule has 0 bridgehead atoms. The lowest BCUT2D eigenvalue weighted by atomic mass is 10.2. The molecule has 0 unspecified atom stereocenters. The Bertz CT molecular complexity index is 1170. The summed E-state index contributed by atoms with van der Waals surface area (Å²) in [5, 5.41) is 8.56. The Kier molecular flexibility index (Phi) is 5.68. The number of nitrogens with zero attached hydrogens (tertiary/aromatic N) is 2. The summed E-state index contributed by atoms with van der Waals surface area (Å²) in [4.78, 5) is 0.110. The van der Waals surface area contributed by atoms with E-state index in [0.29, 0.717) is 6.42 Å². The molecule has 0 spiro atoms. The first-order valence-electron chi connectivity index (χ1n) is 8.24. The summed E-state index contributed by atoms with van der Waals surface area (Å²) in [6, 6.07) is 11.8. The molecule has 3 rings (SSSR count). The van der Waals surface area contributed by atoms with Crippen molar-refractivity contribution < 1.29 is 16.8 Å². The zero-order valence-corrected chi connectivity index (χ0v) is 17.5. The van der Waals surface area contributed by atoms with Gasteiger partial charge in [-0.05, 0) is 49.7 Å². The third kappa shape index (κ3) is 4.66. The molecule has 0 aliphatic carbocycles. The summed E-state index contributed by atoms with van der Waals surface area (Å²) < 4.78 is 54.5. The fourth-order valence-electron chi connectivity index (χ4n) is 2.25. The highest BCUT2D eigenvalue weighted by Gasteiger charge is 2.18. The Morgan fingerprint density at radius 1 is 0.821 bits per heavy atom. The van der Waals surface area contributed by atoms with E-state index in [1.165, 1.54) is 36.4 Å². The molecule has 2 N–H and O–H groups in total. The van der Waals surface area contributed by atoms with E-state index in [0.717, 1.165) is 21.9 Å². The molecular weight excluding hydrogens is 420 g/mol. The summed E-state index contributed by atoms with van der Waals surface area (Å²) in [7, 11) is -7.60. The largest absolute Gasteiger partial charge is 0.280 e. The van der Waals surface area contributed by atoms with Gasteiger partial charge in [-0.1, -0.05) is 36.0 Å². The molecule has 28 heavy (non-hydrogen) atoms. The van der Waals surface area contributed by atoms with Crippen molar-refractivity contribution in [2.24, 2.45) is 0 Å². The number of hydrogen-bond acceptors (Lipinski definition) is 7. The molecule has 1 heterocycles. The van der Waals surface area contributed by atoms with Crippen molar-refractivity contribution in [3.05, 3.63) is 59.1 Å². The molecule has 8 nitrogen and oxygen atoms in total. The second kappa shape index (κ2) is 7.86. The van der Waals surface area contributed by atoms with Gasteiger partial charge in [0.05, 0.1) is 9.79 Å². The summed E-state index contributed by atoms with van der Waals surface area (Å²) in [6.45, 7) is 3.76. The summed E-state index contributed by atoms with van der Waals surface area (Å²) in [5.74, 6) is 0. The van der Waals surface area contributed by atoms with E-state index >= 15 is 0 Å². The second-order valence-electron chi connectivity index (χ2n) is 5.90. The highest BCUT2D eigenvalue weighted by atomic mass is 32.2. The van der Waals surface area contributed by atoms with Crippen LogP contribution in [0.15, 0.2) is 58.3 Å². The SMILES string of the molecule is CCc1nnc(NS(=O)(=O)c2ccc(NS(=O)(=O)c3ccc(C)cc3)cc2)s1. The Hall–Kier alpha value is -2.50. The number of rotatable bonds is 7. The van der Waals surface area contributed by atoms with Crippen molar-refractivity contribution >= 4 is 42.2 Å². The number of nitrogens with one attached hydrogen (secondary N) is 2. The fraction of sp³-hybridized carbons (Fsp3) is 0.176. The lowest BCUT2D eigenvalue weighted by Gasteiger charge is -2.09. The van der Waals surface area contributed by atoms with Crippen LogP contribution in [0.4, 0.5) is 10.8 Å². The number of aryl methyl sites for hydroxylation is 2. The molecule has 0 fully saturated rings.